The quantitative estimate of drug-likeness (QED) is 0.651. The Morgan fingerprint density at radius 1 is 1.31 bits per heavy atom. The zero-order chi connectivity index (χ0) is 10.1. The van der Waals surface area contributed by atoms with E-state index in [1.807, 2.05) is 0 Å². The Balaban J connectivity index is 2.80. The first-order chi connectivity index (χ1) is 5.86. The van der Waals surface area contributed by atoms with Crippen molar-refractivity contribution in [3.8, 4) is 0 Å². The van der Waals surface area contributed by atoms with Crippen LogP contribution in [0.25, 0.3) is 0 Å². The summed E-state index contributed by atoms with van der Waals surface area (Å²) in [5.74, 6) is 0. The van der Waals surface area contributed by atoms with Crippen molar-refractivity contribution < 1.29 is 13.2 Å². The maximum absolute atomic E-state index is 11.9. The summed E-state index contributed by atoms with van der Waals surface area (Å²) in [7, 11) is -3.02. The zero-order valence-electron chi connectivity index (χ0n) is 8.54. The second-order valence-electron chi connectivity index (χ2n) is 4.50. The molecule has 1 saturated heterocycles. The first-order valence-electron chi connectivity index (χ1n) is 4.67. The molecular formula is C9H18O3S. The van der Waals surface area contributed by atoms with Crippen LogP contribution in [0, 0.1) is 0 Å². The van der Waals surface area contributed by atoms with E-state index in [0.29, 0.717) is 13.2 Å². The minimum absolute atomic E-state index is 0.291. The third-order valence-electron chi connectivity index (χ3n) is 2.41. The Kier molecular flexibility index (Phi) is 3.02. The fourth-order valence-electron chi connectivity index (χ4n) is 1.46. The molecule has 1 rings (SSSR count). The van der Waals surface area contributed by atoms with E-state index in [2.05, 4.69) is 0 Å². The number of hydrogen-bond acceptors (Lipinski definition) is 3. The van der Waals surface area contributed by atoms with Crippen molar-refractivity contribution in [2.24, 2.45) is 0 Å². The Labute approximate surface area is 80.4 Å². The van der Waals surface area contributed by atoms with Crippen LogP contribution in [0.1, 0.15) is 33.6 Å². The van der Waals surface area contributed by atoms with Crippen molar-refractivity contribution >= 4 is 9.84 Å². The predicted molar refractivity (Wildman–Crippen MR) is 52.5 cm³/mol. The summed E-state index contributed by atoms with van der Waals surface area (Å²) in [6.45, 7) is 6.32. The lowest BCUT2D eigenvalue weighted by Gasteiger charge is -2.29. The van der Waals surface area contributed by atoms with Gasteiger partial charge in [0, 0.05) is 6.61 Å². The Bertz CT molecular complexity index is 255. The van der Waals surface area contributed by atoms with Gasteiger partial charge in [0.05, 0.1) is 16.6 Å². The molecule has 0 radical (unpaired) electrons. The molecule has 4 heteroatoms. The molecule has 0 aromatic carbocycles. The van der Waals surface area contributed by atoms with Gasteiger partial charge in [-0.05, 0) is 33.6 Å². The molecule has 0 aromatic heterocycles. The third-order valence-corrected chi connectivity index (χ3v) is 5.37. The van der Waals surface area contributed by atoms with E-state index in [9.17, 15) is 8.42 Å². The predicted octanol–water partition coefficient (Wildman–Crippen LogP) is 1.38. The molecule has 0 aromatic rings. The molecule has 0 N–H and O–H groups in total. The Morgan fingerprint density at radius 2 is 1.92 bits per heavy atom. The van der Waals surface area contributed by atoms with Crippen LogP contribution in [0.3, 0.4) is 0 Å². The average molecular weight is 206 g/mol. The van der Waals surface area contributed by atoms with E-state index < -0.39 is 14.6 Å². The minimum atomic E-state index is -3.02. The summed E-state index contributed by atoms with van der Waals surface area (Å²) in [5.41, 5.74) is 0. The summed E-state index contributed by atoms with van der Waals surface area (Å²) in [6, 6.07) is 0. The Morgan fingerprint density at radius 3 is 2.31 bits per heavy atom. The largest absolute Gasteiger partial charge is 0.380 e. The number of rotatable bonds is 1. The van der Waals surface area contributed by atoms with Crippen LogP contribution in [0.15, 0.2) is 0 Å². The molecule has 3 nitrogen and oxygen atoms in total. The second kappa shape index (κ2) is 3.58. The molecule has 0 amide bonds. The van der Waals surface area contributed by atoms with Gasteiger partial charge in [-0.3, -0.25) is 0 Å². The molecule has 78 valence electrons. The highest BCUT2D eigenvalue weighted by Crippen LogP contribution is 2.25. The van der Waals surface area contributed by atoms with Gasteiger partial charge in [-0.25, -0.2) is 8.42 Å². The zero-order valence-corrected chi connectivity index (χ0v) is 9.36. The van der Waals surface area contributed by atoms with Gasteiger partial charge < -0.3 is 4.74 Å². The van der Waals surface area contributed by atoms with Crippen LogP contribution < -0.4 is 0 Å². The van der Waals surface area contributed by atoms with Gasteiger partial charge in [0.2, 0.25) is 0 Å². The highest BCUT2D eigenvalue weighted by atomic mass is 32.2. The van der Waals surface area contributed by atoms with Crippen LogP contribution in [-0.4, -0.2) is 31.6 Å². The standard InChI is InChI=1S/C9H18O3S/c1-9(2,3)13(10,11)8-5-4-6-12-7-8/h8H,4-7H2,1-3H3. The molecule has 1 fully saturated rings. The first-order valence-corrected chi connectivity index (χ1v) is 6.21. The summed E-state index contributed by atoms with van der Waals surface area (Å²) in [5, 5.41) is -0.291. The van der Waals surface area contributed by atoms with Gasteiger partial charge in [-0.2, -0.15) is 0 Å². The highest BCUT2D eigenvalue weighted by Gasteiger charge is 2.37. The molecular weight excluding hydrogens is 188 g/mol. The molecule has 13 heavy (non-hydrogen) atoms. The van der Waals surface area contributed by atoms with Gasteiger partial charge in [0.15, 0.2) is 9.84 Å². The molecule has 1 aliphatic heterocycles. The van der Waals surface area contributed by atoms with Crippen LogP contribution in [0.5, 0.6) is 0 Å². The lowest BCUT2D eigenvalue weighted by Crippen LogP contribution is -2.41. The molecule has 0 spiro atoms. The van der Waals surface area contributed by atoms with Crippen molar-refractivity contribution in [1.29, 1.82) is 0 Å². The van der Waals surface area contributed by atoms with E-state index in [0.717, 1.165) is 12.8 Å². The summed E-state index contributed by atoms with van der Waals surface area (Å²) in [6.07, 6.45) is 1.61. The monoisotopic (exact) mass is 206 g/mol. The van der Waals surface area contributed by atoms with Crippen molar-refractivity contribution in [2.75, 3.05) is 13.2 Å². The van der Waals surface area contributed by atoms with Crippen LogP contribution in [0.2, 0.25) is 0 Å². The highest BCUT2D eigenvalue weighted by molar-refractivity contribution is 7.93. The van der Waals surface area contributed by atoms with Gasteiger partial charge in [0.25, 0.3) is 0 Å². The van der Waals surface area contributed by atoms with Crippen LogP contribution in [0.4, 0.5) is 0 Å². The maximum atomic E-state index is 11.9. The normalized spacial score (nSPS) is 25.9. The van der Waals surface area contributed by atoms with Gasteiger partial charge in [0.1, 0.15) is 0 Å². The molecule has 1 heterocycles. The molecule has 0 saturated carbocycles. The number of hydrogen-bond donors (Lipinski definition) is 0. The van der Waals surface area contributed by atoms with E-state index in [1.165, 1.54) is 0 Å². The van der Waals surface area contributed by atoms with Crippen molar-refractivity contribution in [2.45, 2.75) is 43.6 Å². The average Bonchev–Trinajstić information content (AvgIpc) is 2.04. The van der Waals surface area contributed by atoms with Crippen LogP contribution >= 0.6 is 0 Å². The van der Waals surface area contributed by atoms with Gasteiger partial charge in [-0.15, -0.1) is 0 Å². The SMILES string of the molecule is CC(C)(C)S(=O)(=O)C1CCCOC1. The maximum Gasteiger partial charge on any atom is 0.160 e. The number of ether oxygens (including phenoxy) is 1. The number of sulfone groups is 1. The fourth-order valence-corrected chi connectivity index (χ4v) is 3.21. The third kappa shape index (κ3) is 2.23. The first kappa shape index (κ1) is 11.0. The lowest BCUT2D eigenvalue weighted by molar-refractivity contribution is 0.0986. The lowest BCUT2D eigenvalue weighted by atomic mass is 10.2. The van der Waals surface area contributed by atoms with Crippen molar-refractivity contribution in [1.82, 2.24) is 0 Å². The van der Waals surface area contributed by atoms with Gasteiger partial charge >= 0.3 is 0 Å². The van der Waals surface area contributed by atoms with E-state index >= 15 is 0 Å². The van der Waals surface area contributed by atoms with E-state index in [4.69, 9.17) is 4.74 Å². The minimum Gasteiger partial charge on any atom is -0.380 e. The molecule has 1 unspecified atom stereocenters. The van der Waals surface area contributed by atoms with Crippen molar-refractivity contribution in [3.05, 3.63) is 0 Å². The van der Waals surface area contributed by atoms with Crippen molar-refractivity contribution in [3.63, 3.8) is 0 Å². The molecule has 0 bridgehead atoms. The van der Waals surface area contributed by atoms with E-state index in [-0.39, 0.29) is 5.25 Å². The summed E-state index contributed by atoms with van der Waals surface area (Å²) >= 11 is 0. The topological polar surface area (TPSA) is 43.4 Å². The molecule has 1 atom stereocenters. The molecule has 0 aliphatic carbocycles. The van der Waals surface area contributed by atoms with E-state index in [1.54, 1.807) is 20.8 Å². The summed E-state index contributed by atoms with van der Waals surface area (Å²) in [4.78, 5) is 0. The molecule has 1 aliphatic rings. The van der Waals surface area contributed by atoms with Crippen LogP contribution in [-0.2, 0) is 14.6 Å². The fraction of sp³-hybridized carbons (Fsp3) is 1.00. The summed E-state index contributed by atoms with van der Waals surface area (Å²) < 4.78 is 28.4. The second-order valence-corrected chi connectivity index (χ2v) is 7.48. The smallest absolute Gasteiger partial charge is 0.160 e. The Hall–Kier alpha value is -0.0900. The van der Waals surface area contributed by atoms with Gasteiger partial charge in [-0.1, -0.05) is 0 Å².